The van der Waals surface area contributed by atoms with Gasteiger partial charge in [0.05, 0.1) is 13.7 Å². The van der Waals surface area contributed by atoms with Gasteiger partial charge in [-0.05, 0) is 55.2 Å². The van der Waals surface area contributed by atoms with Crippen LogP contribution in [0.1, 0.15) is 34.8 Å². The molecule has 0 saturated heterocycles. The molecular weight excluding hydrogens is 380 g/mol. The minimum absolute atomic E-state index is 0.0859. The van der Waals surface area contributed by atoms with Crippen molar-refractivity contribution in [2.45, 2.75) is 26.3 Å². The van der Waals surface area contributed by atoms with Gasteiger partial charge in [0.25, 0.3) is 5.91 Å². The SMILES string of the molecule is CCOc1cc(CCCNC(=NC)NCc2ccc(C(=O)NC)cc2)ccc1OC. The Hall–Kier alpha value is -3.22. The first-order valence-electron chi connectivity index (χ1n) is 10.2. The molecular formula is C23H32N4O3. The van der Waals surface area contributed by atoms with E-state index in [0.717, 1.165) is 42.4 Å². The number of hydrogen-bond acceptors (Lipinski definition) is 4. The highest BCUT2D eigenvalue weighted by Gasteiger charge is 2.06. The lowest BCUT2D eigenvalue weighted by molar-refractivity contribution is 0.0963. The maximum Gasteiger partial charge on any atom is 0.251 e. The molecule has 0 spiro atoms. The third kappa shape index (κ3) is 6.99. The van der Waals surface area contributed by atoms with E-state index in [1.807, 2.05) is 43.3 Å². The fraction of sp³-hybridized carbons (Fsp3) is 0.391. The molecule has 0 fully saturated rings. The van der Waals surface area contributed by atoms with Crippen LogP contribution >= 0.6 is 0 Å². The van der Waals surface area contributed by atoms with E-state index in [4.69, 9.17) is 9.47 Å². The lowest BCUT2D eigenvalue weighted by Gasteiger charge is -2.13. The van der Waals surface area contributed by atoms with Crippen molar-refractivity contribution in [1.82, 2.24) is 16.0 Å². The van der Waals surface area contributed by atoms with Crippen LogP contribution in [0, 0.1) is 0 Å². The van der Waals surface area contributed by atoms with Gasteiger partial charge in [-0.15, -0.1) is 0 Å². The Morgan fingerprint density at radius 1 is 1.03 bits per heavy atom. The van der Waals surface area contributed by atoms with Gasteiger partial charge in [0.2, 0.25) is 0 Å². The predicted molar refractivity (Wildman–Crippen MR) is 121 cm³/mol. The van der Waals surface area contributed by atoms with Crippen LogP contribution < -0.4 is 25.4 Å². The Morgan fingerprint density at radius 3 is 2.40 bits per heavy atom. The summed E-state index contributed by atoms with van der Waals surface area (Å²) in [5.41, 5.74) is 2.93. The van der Waals surface area contributed by atoms with E-state index < -0.39 is 0 Å². The molecule has 3 N–H and O–H groups in total. The van der Waals surface area contributed by atoms with Crippen molar-refractivity contribution in [2.24, 2.45) is 4.99 Å². The predicted octanol–water partition coefficient (Wildman–Crippen LogP) is 2.75. The molecule has 0 aromatic heterocycles. The van der Waals surface area contributed by atoms with Crippen LogP contribution in [0.25, 0.3) is 0 Å². The Bertz CT molecular complexity index is 835. The lowest BCUT2D eigenvalue weighted by atomic mass is 10.1. The van der Waals surface area contributed by atoms with Crippen molar-refractivity contribution in [3.8, 4) is 11.5 Å². The van der Waals surface area contributed by atoms with Gasteiger partial charge in [0.1, 0.15) is 0 Å². The molecule has 2 rings (SSSR count). The van der Waals surface area contributed by atoms with E-state index in [1.165, 1.54) is 5.56 Å². The molecule has 0 heterocycles. The van der Waals surface area contributed by atoms with Crippen LogP contribution in [-0.2, 0) is 13.0 Å². The van der Waals surface area contributed by atoms with Crippen LogP contribution in [0.4, 0.5) is 0 Å². The third-order valence-corrected chi connectivity index (χ3v) is 4.59. The van der Waals surface area contributed by atoms with E-state index in [1.54, 1.807) is 21.2 Å². The standard InChI is InChI=1S/C23H32N4O3/c1-5-30-21-15-17(10-13-20(21)29-4)7-6-14-26-23(25-3)27-16-18-8-11-19(12-9-18)22(28)24-2/h8-13,15H,5-7,14,16H2,1-4H3,(H,24,28)(H2,25,26,27). The number of guanidine groups is 1. The number of methoxy groups -OCH3 is 1. The monoisotopic (exact) mass is 412 g/mol. The van der Waals surface area contributed by atoms with Gasteiger partial charge in [-0.1, -0.05) is 18.2 Å². The summed E-state index contributed by atoms with van der Waals surface area (Å²) in [5, 5.41) is 9.24. The maximum absolute atomic E-state index is 11.6. The van der Waals surface area contributed by atoms with Crippen LogP contribution in [-0.4, -0.2) is 46.2 Å². The van der Waals surface area contributed by atoms with Gasteiger partial charge in [0, 0.05) is 32.7 Å². The molecule has 30 heavy (non-hydrogen) atoms. The minimum Gasteiger partial charge on any atom is -0.493 e. The Labute approximate surface area is 178 Å². The first-order valence-corrected chi connectivity index (χ1v) is 10.2. The lowest BCUT2D eigenvalue weighted by Crippen LogP contribution is -2.37. The molecule has 0 bridgehead atoms. The number of hydrogen-bond donors (Lipinski definition) is 3. The molecule has 0 aliphatic rings. The second kappa shape index (κ2) is 12.4. The molecule has 2 aromatic carbocycles. The van der Waals surface area contributed by atoms with Crippen molar-refractivity contribution >= 4 is 11.9 Å². The van der Waals surface area contributed by atoms with Gasteiger partial charge in [-0.3, -0.25) is 9.79 Å². The number of aliphatic imine (C=N–C) groups is 1. The Balaban J connectivity index is 1.77. The van der Waals surface area contributed by atoms with Crippen molar-refractivity contribution in [2.75, 3.05) is 34.4 Å². The number of amides is 1. The molecule has 0 atom stereocenters. The second-order valence-electron chi connectivity index (χ2n) is 6.65. The zero-order chi connectivity index (χ0) is 21.8. The summed E-state index contributed by atoms with van der Waals surface area (Å²) in [6, 6.07) is 13.6. The fourth-order valence-corrected chi connectivity index (χ4v) is 2.97. The Morgan fingerprint density at radius 2 is 1.77 bits per heavy atom. The number of ether oxygens (including phenoxy) is 2. The van der Waals surface area contributed by atoms with E-state index in [2.05, 4.69) is 27.0 Å². The molecule has 0 unspecified atom stereocenters. The summed E-state index contributed by atoms with van der Waals surface area (Å²) in [5.74, 6) is 2.20. The summed E-state index contributed by atoms with van der Waals surface area (Å²) in [7, 11) is 5.03. The van der Waals surface area contributed by atoms with Gasteiger partial charge in [-0.2, -0.15) is 0 Å². The topological polar surface area (TPSA) is 84.0 Å². The molecule has 1 amide bonds. The van der Waals surface area contributed by atoms with E-state index in [-0.39, 0.29) is 5.91 Å². The molecule has 7 nitrogen and oxygen atoms in total. The molecule has 7 heteroatoms. The normalized spacial score (nSPS) is 11.0. The summed E-state index contributed by atoms with van der Waals surface area (Å²) in [6.07, 6.45) is 1.88. The van der Waals surface area contributed by atoms with Crippen LogP contribution in [0.5, 0.6) is 11.5 Å². The largest absolute Gasteiger partial charge is 0.493 e. The highest BCUT2D eigenvalue weighted by atomic mass is 16.5. The minimum atomic E-state index is -0.0859. The molecule has 0 aliphatic heterocycles. The molecule has 2 aromatic rings. The van der Waals surface area contributed by atoms with Gasteiger partial charge in [-0.25, -0.2) is 0 Å². The number of benzene rings is 2. The average molecular weight is 413 g/mol. The van der Waals surface area contributed by atoms with Crippen LogP contribution in [0.3, 0.4) is 0 Å². The molecule has 162 valence electrons. The molecule has 0 radical (unpaired) electrons. The average Bonchev–Trinajstić information content (AvgIpc) is 2.79. The van der Waals surface area contributed by atoms with E-state index >= 15 is 0 Å². The van der Waals surface area contributed by atoms with Gasteiger partial charge < -0.3 is 25.4 Å². The van der Waals surface area contributed by atoms with Crippen molar-refractivity contribution < 1.29 is 14.3 Å². The number of nitrogens with one attached hydrogen (secondary N) is 3. The fourth-order valence-electron chi connectivity index (χ4n) is 2.97. The zero-order valence-corrected chi connectivity index (χ0v) is 18.2. The van der Waals surface area contributed by atoms with Crippen molar-refractivity contribution in [3.63, 3.8) is 0 Å². The zero-order valence-electron chi connectivity index (χ0n) is 18.2. The number of carbonyl (C=O) groups is 1. The molecule has 0 aliphatic carbocycles. The number of aryl methyl sites for hydroxylation is 1. The smallest absolute Gasteiger partial charge is 0.251 e. The number of nitrogens with zero attached hydrogens (tertiary/aromatic N) is 1. The Kier molecular flexibility index (Phi) is 9.51. The summed E-state index contributed by atoms with van der Waals surface area (Å²) >= 11 is 0. The van der Waals surface area contributed by atoms with Crippen LogP contribution in [0.15, 0.2) is 47.5 Å². The number of rotatable bonds is 10. The van der Waals surface area contributed by atoms with E-state index in [0.29, 0.717) is 18.7 Å². The van der Waals surface area contributed by atoms with Crippen molar-refractivity contribution in [3.05, 3.63) is 59.2 Å². The second-order valence-corrected chi connectivity index (χ2v) is 6.65. The van der Waals surface area contributed by atoms with Gasteiger partial charge in [0.15, 0.2) is 17.5 Å². The first kappa shape index (κ1) is 23.1. The van der Waals surface area contributed by atoms with Crippen LogP contribution in [0.2, 0.25) is 0 Å². The highest BCUT2D eigenvalue weighted by Crippen LogP contribution is 2.28. The van der Waals surface area contributed by atoms with E-state index in [9.17, 15) is 4.79 Å². The van der Waals surface area contributed by atoms with Gasteiger partial charge >= 0.3 is 0 Å². The summed E-state index contributed by atoms with van der Waals surface area (Å²) < 4.78 is 11.0. The maximum atomic E-state index is 11.6. The summed E-state index contributed by atoms with van der Waals surface area (Å²) in [6.45, 7) is 4.00. The first-order chi connectivity index (χ1) is 14.6. The number of carbonyl (C=O) groups excluding carboxylic acids is 1. The highest BCUT2D eigenvalue weighted by molar-refractivity contribution is 5.93. The van der Waals surface area contributed by atoms with Crippen molar-refractivity contribution in [1.29, 1.82) is 0 Å². The molecule has 0 saturated carbocycles. The summed E-state index contributed by atoms with van der Waals surface area (Å²) in [4.78, 5) is 15.9. The third-order valence-electron chi connectivity index (χ3n) is 4.59. The quantitative estimate of drug-likeness (QED) is 0.317.